The second-order valence-electron chi connectivity index (χ2n) is 7.39. The number of aryl methyl sites for hydroxylation is 3. The van der Waals surface area contributed by atoms with Gasteiger partial charge in [0.15, 0.2) is 12.0 Å². The first-order valence-electron chi connectivity index (χ1n) is 9.60. The molecule has 144 valence electrons. The Kier molecular flexibility index (Phi) is 4.97. The van der Waals surface area contributed by atoms with Gasteiger partial charge >= 0.3 is 0 Å². The quantitative estimate of drug-likeness (QED) is 0.831. The second-order valence-corrected chi connectivity index (χ2v) is 7.39. The topological polar surface area (TPSA) is 69.5 Å². The molecule has 2 aliphatic heterocycles. The van der Waals surface area contributed by atoms with Crippen molar-refractivity contribution < 1.29 is 14.3 Å². The summed E-state index contributed by atoms with van der Waals surface area (Å²) in [7, 11) is 0. The van der Waals surface area contributed by atoms with E-state index in [0.29, 0.717) is 31.1 Å². The fraction of sp³-hybridized carbons (Fsp3) is 0.550. The monoisotopic (exact) mass is 370 g/mol. The highest BCUT2D eigenvalue weighted by Crippen LogP contribution is 2.26. The molecule has 0 radical (unpaired) electrons. The number of nitrogens with zero attached hydrogens (tertiary/aromatic N) is 4. The van der Waals surface area contributed by atoms with Crippen molar-refractivity contribution in [3.8, 4) is 5.69 Å². The van der Waals surface area contributed by atoms with Crippen molar-refractivity contribution in [3.05, 3.63) is 40.7 Å². The molecule has 7 heteroatoms. The minimum absolute atomic E-state index is 0.0561. The number of ether oxygens (including phenoxy) is 2. The molecule has 2 aliphatic rings. The molecular weight excluding hydrogens is 344 g/mol. The first-order chi connectivity index (χ1) is 13.0. The Morgan fingerprint density at radius 3 is 2.63 bits per heavy atom. The SMILES string of the molecule is Cc1ccc(-n2nc(C)c(C(=O)N3CCCCC3C3OCCO3)n2)c(C)c1. The van der Waals surface area contributed by atoms with E-state index in [9.17, 15) is 4.79 Å². The van der Waals surface area contributed by atoms with Crippen LogP contribution in [0, 0.1) is 20.8 Å². The van der Waals surface area contributed by atoms with Gasteiger partial charge in [0.25, 0.3) is 5.91 Å². The molecule has 0 spiro atoms. The van der Waals surface area contributed by atoms with Gasteiger partial charge in [0.2, 0.25) is 0 Å². The Hall–Kier alpha value is -2.25. The first-order valence-corrected chi connectivity index (χ1v) is 9.60. The van der Waals surface area contributed by atoms with Crippen molar-refractivity contribution in [1.82, 2.24) is 19.9 Å². The molecule has 4 rings (SSSR count). The summed E-state index contributed by atoms with van der Waals surface area (Å²) < 4.78 is 11.4. The summed E-state index contributed by atoms with van der Waals surface area (Å²) in [5.74, 6) is -0.0904. The van der Waals surface area contributed by atoms with E-state index in [2.05, 4.69) is 23.2 Å². The Morgan fingerprint density at radius 2 is 1.89 bits per heavy atom. The maximum absolute atomic E-state index is 13.3. The Balaban J connectivity index is 1.62. The molecule has 1 atom stereocenters. The summed E-state index contributed by atoms with van der Waals surface area (Å²) in [5.41, 5.74) is 4.19. The molecule has 1 aromatic heterocycles. The number of amides is 1. The predicted octanol–water partition coefficient (Wildman–Crippen LogP) is 2.56. The van der Waals surface area contributed by atoms with Crippen LogP contribution in [-0.4, -0.2) is 57.9 Å². The van der Waals surface area contributed by atoms with Gasteiger partial charge in [0.1, 0.15) is 0 Å². The lowest BCUT2D eigenvalue weighted by molar-refractivity contribution is -0.100. The van der Waals surface area contributed by atoms with Gasteiger partial charge in [-0.1, -0.05) is 17.7 Å². The predicted molar refractivity (Wildman–Crippen MR) is 99.9 cm³/mol. The standard InChI is InChI=1S/C20H26N4O3/c1-13-7-8-16(14(2)12-13)24-21-15(3)18(22-24)19(25)23-9-5-4-6-17(23)20-26-10-11-27-20/h7-8,12,17,20H,4-6,9-11H2,1-3H3. The number of piperidine rings is 1. The van der Waals surface area contributed by atoms with Crippen LogP contribution < -0.4 is 0 Å². The number of likely N-dealkylation sites (tertiary alicyclic amines) is 1. The van der Waals surface area contributed by atoms with Gasteiger partial charge in [-0.3, -0.25) is 4.79 Å². The van der Waals surface area contributed by atoms with Gasteiger partial charge in [-0.2, -0.15) is 9.90 Å². The minimum atomic E-state index is -0.330. The third-order valence-electron chi connectivity index (χ3n) is 5.32. The zero-order valence-corrected chi connectivity index (χ0v) is 16.1. The molecule has 3 heterocycles. The molecule has 0 saturated carbocycles. The summed E-state index contributed by atoms with van der Waals surface area (Å²) in [5, 5.41) is 9.04. The van der Waals surface area contributed by atoms with Crippen LogP contribution in [0.1, 0.15) is 46.6 Å². The molecule has 1 amide bonds. The normalized spacial score (nSPS) is 21.0. The maximum Gasteiger partial charge on any atom is 0.276 e. The van der Waals surface area contributed by atoms with E-state index in [4.69, 9.17) is 9.47 Å². The number of hydrogen-bond acceptors (Lipinski definition) is 5. The molecule has 2 saturated heterocycles. The number of rotatable bonds is 3. The largest absolute Gasteiger partial charge is 0.348 e. The van der Waals surface area contributed by atoms with E-state index >= 15 is 0 Å². The summed E-state index contributed by atoms with van der Waals surface area (Å²) in [4.78, 5) is 16.7. The van der Waals surface area contributed by atoms with Gasteiger partial charge in [-0.15, -0.1) is 5.10 Å². The number of carbonyl (C=O) groups is 1. The van der Waals surface area contributed by atoms with Crippen LogP contribution >= 0.6 is 0 Å². The Morgan fingerprint density at radius 1 is 1.11 bits per heavy atom. The van der Waals surface area contributed by atoms with Crippen molar-refractivity contribution in [2.45, 2.75) is 52.4 Å². The van der Waals surface area contributed by atoms with Crippen molar-refractivity contribution >= 4 is 5.91 Å². The van der Waals surface area contributed by atoms with Crippen molar-refractivity contribution in [3.63, 3.8) is 0 Å². The molecule has 27 heavy (non-hydrogen) atoms. The number of benzene rings is 1. The number of aromatic nitrogens is 3. The Bertz CT molecular complexity index is 842. The zero-order chi connectivity index (χ0) is 19.0. The summed E-state index contributed by atoms with van der Waals surface area (Å²) >= 11 is 0. The number of carbonyl (C=O) groups excluding carboxylic acids is 1. The van der Waals surface area contributed by atoms with E-state index < -0.39 is 0 Å². The molecule has 7 nitrogen and oxygen atoms in total. The summed E-state index contributed by atoms with van der Waals surface area (Å²) in [6.45, 7) is 7.79. The molecule has 0 N–H and O–H groups in total. The van der Waals surface area contributed by atoms with Gasteiger partial charge in [0, 0.05) is 6.54 Å². The highest BCUT2D eigenvalue weighted by Gasteiger charge is 2.38. The lowest BCUT2D eigenvalue weighted by Crippen LogP contribution is -2.50. The van der Waals surface area contributed by atoms with E-state index in [0.717, 1.165) is 30.5 Å². The van der Waals surface area contributed by atoms with E-state index in [1.165, 1.54) is 5.56 Å². The van der Waals surface area contributed by atoms with Crippen molar-refractivity contribution in [2.75, 3.05) is 19.8 Å². The summed E-state index contributed by atoms with van der Waals surface area (Å²) in [6.07, 6.45) is 2.62. The zero-order valence-electron chi connectivity index (χ0n) is 16.1. The van der Waals surface area contributed by atoms with Crippen LogP contribution in [0.15, 0.2) is 18.2 Å². The smallest absolute Gasteiger partial charge is 0.276 e. The summed E-state index contributed by atoms with van der Waals surface area (Å²) in [6, 6.07) is 6.05. The van der Waals surface area contributed by atoms with Gasteiger partial charge < -0.3 is 14.4 Å². The van der Waals surface area contributed by atoms with Gasteiger partial charge in [0.05, 0.1) is 30.6 Å². The minimum Gasteiger partial charge on any atom is -0.348 e. The molecule has 2 aromatic rings. The van der Waals surface area contributed by atoms with Crippen LogP contribution in [-0.2, 0) is 9.47 Å². The molecule has 0 aliphatic carbocycles. The lowest BCUT2D eigenvalue weighted by Gasteiger charge is -2.37. The number of hydrogen-bond donors (Lipinski definition) is 0. The van der Waals surface area contributed by atoms with Crippen LogP contribution in [0.2, 0.25) is 0 Å². The van der Waals surface area contributed by atoms with Crippen molar-refractivity contribution in [1.29, 1.82) is 0 Å². The first kappa shape index (κ1) is 18.1. The van der Waals surface area contributed by atoms with Crippen LogP contribution in [0.5, 0.6) is 0 Å². The van der Waals surface area contributed by atoms with Crippen LogP contribution in [0.25, 0.3) is 5.69 Å². The highest BCUT2D eigenvalue weighted by atomic mass is 16.7. The molecule has 1 aromatic carbocycles. The molecule has 1 unspecified atom stereocenters. The van der Waals surface area contributed by atoms with E-state index in [-0.39, 0.29) is 18.2 Å². The van der Waals surface area contributed by atoms with E-state index in [1.54, 1.807) is 4.80 Å². The van der Waals surface area contributed by atoms with Gasteiger partial charge in [-0.05, 0) is 51.7 Å². The molecule has 0 bridgehead atoms. The molecule has 2 fully saturated rings. The highest BCUT2D eigenvalue weighted by molar-refractivity contribution is 5.93. The fourth-order valence-corrected chi connectivity index (χ4v) is 3.94. The average Bonchev–Trinajstić information content (AvgIpc) is 3.31. The van der Waals surface area contributed by atoms with Crippen LogP contribution in [0.4, 0.5) is 0 Å². The Labute approximate surface area is 159 Å². The average molecular weight is 370 g/mol. The van der Waals surface area contributed by atoms with Gasteiger partial charge in [-0.25, -0.2) is 0 Å². The van der Waals surface area contributed by atoms with Crippen molar-refractivity contribution in [2.24, 2.45) is 0 Å². The van der Waals surface area contributed by atoms with Crippen LogP contribution in [0.3, 0.4) is 0 Å². The lowest BCUT2D eigenvalue weighted by atomic mass is 10.0. The fourth-order valence-electron chi connectivity index (χ4n) is 3.94. The second kappa shape index (κ2) is 7.40. The third kappa shape index (κ3) is 3.49. The maximum atomic E-state index is 13.3. The third-order valence-corrected chi connectivity index (χ3v) is 5.32. The van der Waals surface area contributed by atoms with E-state index in [1.807, 2.05) is 30.9 Å². The molecular formula is C20H26N4O3.